The summed E-state index contributed by atoms with van der Waals surface area (Å²) in [5.41, 5.74) is 4.02. The van der Waals surface area contributed by atoms with E-state index in [1.807, 2.05) is 29.8 Å². The predicted molar refractivity (Wildman–Crippen MR) is 75.0 cm³/mol. The molecular formula is C14H14N2OS. The van der Waals surface area contributed by atoms with Crippen molar-refractivity contribution in [1.29, 1.82) is 0 Å². The smallest absolute Gasteiger partial charge is 0.123 e. The lowest BCUT2D eigenvalue weighted by Gasteiger charge is -2.04. The van der Waals surface area contributed by atoms with Crippen LogP contribution in [0.15, 0.2) is 40.3 Å². The van der Waals surface area contributed by atoms with Crippen LogP contribution in [0.5, 0.6) is 0 Å². The Bertz CT molecular complexity index is 656. The molecule has 0 saturated heterocycles. The first-order chi connectivity index (χ1) is 8.85. The van der Waals surface area contributed by atoms with E-state index in [0.717, 1.165) is 29.1 Å². The molecule has 3 nitrogen and oxygen atoms in total. The zero-order chi connectivity index (χ0) is 12.4. The second-order valence-electron chi connectivity index (χ2n) is 4.11. The van der Waals surface area contributed by atoms with Gasteiger partial charge in [0.15, 0.2) is 0 Å². The molecule has 0 spiro atoms. The largest absolute Gasteiger partial charge is 0.464 e. The average molecular weight is 258 g/mol. The van der Waals surface area contributed by atoms with Gasteiger partial charge in [0.25, 0.3) is 0 Å². The van der Waals surface area contributed by atoms with Crippen molar-refractivity contribution in [3.05, 3.63) is 47.4 Å². The first-order valence-electron chi connectivity index (χ1n) is 6.00. The third-order valence-electron chi connectivity index (χ3n) is 2.86. The van der Waals surface area contributed by atoms with Crippen molar-refractivity contribution < 1.29 is 4.42 Å². The monoisotopic (exact) mass is 258 g/mol. The van der Waals surface area contributed by atoms with Gasteiger partial charge in [-0.05, 0) is 30.3 Å². The summed E-state index contributed by atoms with van der Waals surface area (Å²) < 4.78 is 6.86. The second-order valence-corrected chi connectivity index (χ2v) is 5.00. The van der Waals surface area contributed by atoms with Gasteiger partial charge in [0, 0.05) is 12.1 Å². The Labute approximate surface area is 109 Å². The average Bonchev–Trinajstić information content (AvgIpc) is 3.04. The molecule has 0 aliphatic carbocycles. The van der Waals surface area contributed by atoms with Crippen molar-refractivity contribution in [3.8, 4) is 0 Å². The molecule has 4 heteroatoms. The summed E-state index contributed by atoms with van der Waals surface area (Å²) in [4.78, 5) is 4.26. The molecule has 18 heavy (non-hydrogen) atoms. The van der Waals surface area contributed by atoms with E-state index in [1.54, 1.807) is 11.3 Å². The summed E-state index contributed by atoms with van der Waals surface area (Å²) in [6.07, 6.45) is 0.937. The fourth-order valence-electron chi connectivity index (χ4n) is 1.86. The lowest BCUT2D eigenvalue weighted by molar-refractivity contribution is 0.476. The fourth-order valence-corrected chi connectivity index (χ4v) is 2.58. The Morgan fingerprint density at radius 2 is 2.11 bits per heavy atom. The van der Waals surface area contributed by atoms with Crippen LogP contribution in [0, 0.1) is 0 Å². The number of nitrogens with zero attached hydrogens (tertiary/aromatic N) is 1. The number of aromatic nitrogens is 1. The van der Waals surface area contributed by atoms with Gasteiger partial charge in [-0.15, -0.1) is 11.3 Å². The molecule has 92 valence electrons. The zero-order valence-electron chi connectivity index (χ0n) is 10.1. The summed E-state index contributed by atoms with van der Waals surface area (Å²) in [7, 11) is 0. The van der Waals surface area contributed by atoms with E-state index in [2.05, 4.69) is 23.3 Å². The van der Waals surface area contributed by atoms with E-state index in [4.69, 9.17) is 4.42 Å². The predicted octanol–water partition coefficient (Wildman–Crippen LogP) is 4.06. The number of hydrogen-bond acceptors (Lipinski definition) is 4. The number of rotatable bonds is 4. The fraction of sp³-hybridized carbons (Fsp3) is 0.214. The number of furan rings is 1. The maximum atomic E-state index is 5.65. The Kier molecular flexibility index (Phi) is 3.02. The van der Waals surface area contributed by atoms with Gasteiger partial charge in [0.05, 0.1) is 22.3 Å². The van der Waals surface area contributed by atoms with Gasteiger partial charge >= 0.3 is 0 Å². The third-order valence-corrected chi connectivity index (χ3v) is 3.66. The molecule has 0 atom stereocenters. The molecule has 1 aromatic carbocycles. The highest BCUT2D eigenvalue weighted by Gasteiger charge is 2.02. The maximum absolute atomic E-state index is 5.65. The molecule has 3 rings (SSSR count). The molecule has 0 aliphatic rings. The molecule has 0 unspecified atom stereocenters. The Morgan fingerprint density at radius 3 is 2.94 bits per heavy atom. The van der Waals surface area contributed by atoms with E-state index in [0.29, 0.717) is 6.54 Å². The van der Waals surface area contributed by atoms with Crippen LogP contribution in [-0.2, 0) is 13.0 Å². The highest BCUT2D eigenvalue weighted by molar-refractivity contribution is 7.16. The number of hydrogen-bond donors (Lipinski definition) is 1. The first kappa shape index (κ1) is 11.3. The van der Waals surface area contributed by atoms with Crippen molar-refractivity contribution in [3.63, 3.8) is 0 Å². The molecule has 0 saturated carbocycles. The minimum Gasteiger partial charge on any atom is -0.464 e. The number of thiazole rings is 1. The molecule has 0 radical (unpaired) electrons. The third kappa shape index (κ3) is 2.24. The topological polar surface area (TPSA) is 38.1 Å². The van der Waals surface area contributed by atoms with E-state index in [1.165, 1.54) is 4.70 Å². The zero-order valence-corrected chi connectivity index (χ0v) is 11.0. The van der Waals surface area contributed by atoms with Crippen LogP contribution in [0.25, 0.3) is 10.2 Å². The summed E-state index contributed by atoms with van der Waals surface area (Å²) in [5, 5.41) is 3.37. The molecule has 0 amide bonds. The van der Waals surface area contributed by atoms with Crippen molar-refractivity contribution in [1.82, 2.24) is 4.98 Å². The van der Waals surface area contributed by atoms with Crippen molar-refractivity contribution in [2.75, 3.05) is 5.32 Å². The van der Waals surface area contributed by atoms with Gasteiger partial charge in [-0.2, -0.15) is 0 Å². The SMILES string of the molecule is CCc1ccc(CNc2ccc3ncsc3c2)o1. The molecule has 0 aliphatic heterocycles. The highest BCUT2D eigenvalue weighted by Crippen LogP contribution is 2.22. The van der Waals surface area contributed by atoms with Crippen LogP contribution < -0.4 is 5.32 Å². The summed E-state index contributed by atoms with van der Waals surface area (Å²) in [5.74, 6) is 2.00. The molecule has 0 fully saturated rings. The van der Waals surface area contributed by atoms with Gasteiger partial charge in [-0.1, -0.05) is 6.92 Å². The van der Waals surface area contributed by atoms with E-state index < -0.39 is 0 Å². The molecule has 3 aromatic rings. The Morgan fingerprint density at radius 1 is 1.22 bits per heavy atom. The normalized spacial score (nSPS) is 10.9. The van der Waals surface area contributed by atoms with Crippen LogP contribution in [0.2, 0.25) is 0 Å². The lowest BCUT2D eigenvalue weighted by atomic mass is 10.3. The van der Waals surface area contributed by atoms with Gasteiger partial charge in [-0.3, -0.25) is 0 Å². The van der Waals surface area contributed by atoms with Gasteiger partial charge in [0.1, 0.15) is 11.5 Å². The molecular weight excluding hydrogens is 244 g/mol. The van der Waals surface area contributed by atoms with Gasteiger partial charge in [-0.25, -0.2) is 4.98 Å². The molecule has 2 aromatic heterocycles. The van der Waals surface area contributed by atoms with Crippen LogP contribution in [0.4, 0.5) is 5.69 Å². The molecule has 1 N–H and O–H groups in total. The van der Waals surface area contributed by atoms with Crippen LogP contribution in [-0.4, -0.2) is 4.98 Å². The quantitative estimate of drug-likeness (QED) is 0.766. The standard InChI is InChI=1S/C14H14N2OS/c1-2-11-4-5-12(17-11)8-15-10-3-6-13-14(7-10)18-9-16-13/h3-7,9,15H,2,8H2,1H3. The van der Waals surface area contributed by atoms with Crippen LogP contribution in [0.1, 0.15) is 18.4 Å². The maximum Gasteiger partial charge on any atom is 0.123 e. The van der Waals surface area contributed by atoms with Crippen molar-refractivity contribution in [2.24, 2.45) is 0 Å². The van der Waals surface area contributed by atoms with E-state index >= 15 is 0 Å². The minimum absolute atomic E-state index is 0.713. The number of fused-ring (bicyclic) bond motifs is 1. The summed E-state index contributed by atoms with van der Waals surface area (Å²) in [6, 6.07) is 10.3. The number of anilines is 1. The number of benzene rings is 1. The van der Waals surface area contributed by atoms with E-state index in [9.17, 15) is 0 Å². The van der Waals surface area contributed by atoms with Gasteiger partial charge < -0.3 is 9.73 Å². The summed E-state index contributed by atoms with van der Waals surface area (Å²) >= 11 is 1.66. The van der Waals surface area contributed by atoms with Crippen molar-refractivity contribution in [2.45, 2.75) is 19.9 Å². The minimum atomic E-state index is 0.713. The van der Waals surface area contributed by atoms with Crippen molar-refractivity contribution >= 4 is 27.2 Å². The van der Waals surface area contributed by atoms with Gasteiger partial charge in [0.2, 0.25) is 0 Å². The molecule has 2 heterocycles. The summed E-state index contributed by atoms with van der Waals surface area (Å²) in [6.45, 7) is 2.80. The Balaban J connectivity index is 1.72. The van der Waals surface area contributed by atoms with E-state index in [-0.39, 0.29) is 0 Å². The molecule has 0 bridgehead atoms. The number of aryl methyl sites for hydroxylation is 1. The first-order valence-corrected chi connectivity index (χ1v) is 6.88. The Hall–Kier alpha value is -1.81. The van der Waals surface area contributed by atoms with Crippen LogP contribution >= 0.6 is 11.3 Å². The van der Waals surface area contributed by atoms with Crippen LogP contribution in [0.3, 0.4) is 0 Å². The lowest BCUT2D eigenvalue weighted by Crippen LogP contribution is -1.97. The second kappa shape index (κ2) is 4.82. The highest BCUT2D eigenvalue weighted by atomic mass is 32.1. The number of nitrogens with one attached hydrogen (secondary N) is 1.